The quantitative estimate of drug-likeness (QED) is 0.250. The van der Waals surface area contributed by atoms with Gasteiger partial charge in [-0.05, 0) is 98.0 Å². The molecule has 5 aliphatic rings. The number of rotatable bonds is 10. The van der Waals surface area contributed by atoms with E-state index in [-0.39, 0.29) is 18.1 Å². The minimum absolute atomic E-state index is 0.0917. The first-order valence-corrected chi connectivity index (χ1v) is 16.7. The van der Waals surface area contributed by atoms with Crippen LogP contribution in [0.25, 0.3) is 0 Å². The van der Waals surface area contributed by atoms with Gasteiger partial charge in [0, 0.05) is 35.8 Å². The Balaban J connectivity index is 1.28. The second-order valence-electron chi connectivity index (χ2n) is 12.9. The van der Waals surface area contributed by atoms with Crippen LogP contribution >= 0.6 is 27.3 Å². The highest BCUT2D eigenvalue weighted by molar-refractivity contribution is 9.11. The first kappa shape index (κ1) is 30.6. The highest BCUT2D eigenvalue weighted by Crippen LogP contribution is 2.84. The van der Waals surface area contributed by atoms with Crippen LogP contribution < -0.4 is 0 Å². The number of hydrogen-bond acceptors (Lipinski definition) is 8. The number of ether oxygens (including phenoxy) is 2. The van der Waals surface area contributed by atoms with Crippen molar-refractivity contribution in [2.24, 2.45) is 33.2 Å². The van der Waals surface area contributed by atoms with Crippen molar-refractivity contribution in [2.45, 2.75) is 83.3 Å². The fourth-order valence-corrected chi connectivity index (χ4v) is 11.3. The van der Waals surface area contributed by atoms with Crippen LogP contribution in [0.5, 0.6) is 0 Å². The molecule has 0 amide bonds. The molecule has 4 fully saturated rings. The lowest BCUT2D eigenvalue weighted by Crippen LogP contribution is -2.67. The Bertz CT molecular complexity index is 1350. The molecule has 0 aromatic carbocycles. The standard InChI is InChI=1S/C32H41BrFNO6S/c1-5-39-27-30(40-6-2)16-23-22-9-7-19-15-20(35-41-14-12-21-8-10-26(33)42-21)11-13-28(19,3)32(22,34)24(37)17-29(23,4)31(27,30)25(38)18-36/h8,10-11,13,15,22-24,27,36-37H,5-7,9,12,14,16-18H2,1-4H3/b35-20+/t22-,23-,24-,27+,28-,29?,30-,31-,32-/m0/s1. The van der Waals surface area contributed by atoms with Gasteiger partial charge < -0.3 is 24.5 Å². The van der Waals surface area contributed by atoms with Crippen LogP contribution in [-0.4, -0.2) is 71.6 Å². The molecule has 1 aromatic heterocycles. The van der Waals surface area contributed by atoms with E-state index in [1.54, 1.807) is 17.4 Å². The van der Waals surface area contributed by atoms with Crippen molar-refractivity contribution < 1.29 is 33.7 Å². The molecule has 0 spiro atoms. The Kier molecular flexibility index (Phi) is 7.71. The number of carbonyl (C=O) groups excluding carboxylic acids is 1. The maximum atomic E-state index is 17.8. The van der Waals surface area contributed by atoms with Crippen LogP contribution in [0.4, 0.5) is 4.39 Å². The lowest BCUT2D eigenvalue weighted by molar-refractivity contribution is -0.207. The zero-order valence-electron chi connectivity index (χ0n) is 24.7. The predicted molar refractivity (Wildman–Crippen MR) is 162 cm³/mol. The van der Waals surface area contributed by atoms with Crippen LogP contribution in [0.1, 0.15) is 58.3 Å². The number of alkyl halides is 1. The summed E-state index contributed by atoms with van der Waals surface area (Å²) in [5.74, 6) is -1.04. The van der Waals surface area contributed by atoms with Gasteiger partial charge in [0.15, 0.2) is 11.5 Å². The highest BCUT2D eigenvalue weighted by Gasteiger charge is 2.94. The summed E-state index contributed by atoms with van der Waals surface area (Å²) >= 11 is 5.14. The number of allylic oxidation sites excluding steroid dienone is 4. The van der Waals surface area contributed by atoms with E-state index in [0.29, 0.717) is 44.8 Å². The molecule has 9 atom stereocenters. The second-order valence-corrected chi connectivity index (χ2v) is 15.5. The Morgan fingerprint density at radius 2 is 2.00 bits per heavy atom. The molecule has 2 N–H and O–H groups in total. The Morgan fingerprint density at radius 1 is 1.21 bits per heavy atom. The first-order valence-electron chi connectivity index (χ1n) is 15.1. The molecule has 0 radical (unpaired) electrons. The van der Waals surface area contributed by atoms with Crippen LogP contribution in [0.3, 0.4) is 0 Å². The molecular formula is C32H41BrFNO6S. The van der Waals surface area contributed by atoms with Crippen molar-refractivity contribution in [3.8, 4) is 0 Å². The SMILES string of the molecule is CCO[C@@H]1[C@@]2(OCC)C[C@H]3[C@@H]4CCC5=C/C(=N/OCCc6ccc(Br)s6)C=C[C@]5(C)[C@@]4(F)[C@@H](O)CC3(C)[C@]12C(=O)CO. The average Bonchev–Trinajstić information content (AvgIpc) is 3.16. The molecule has 10 heteroatoms. The van der Waals surface area contributed by atoms with Crippen molar-refractivity contribution in [1.82, 2.24) is 0 Å². The number of nitrogens with zero attached hydrogens (tertiary/aromatic N) is 1. The number of carbonyl (C=O) groups is 1. The number of aliphatic hydroxyl groups is 2. The number of ketones is 1. The molecule has 230 valence electrons. The van der Waals surface area contributed by atoms with Gasteiger partial charge in [0.1, 0.15) is 30.6 Å². The van der Waals surface area contributed by atoms with Crippen molar-refractivity contribution >= 4 is 38.8 Å². The number of Topliss-reactive ketones (excluding diaryl/α,β-unsaturated/α-hetero) is 1. The highest BCUT2D eigenvalue weighted by atomic mass is 79.9. The predicted octanol–water partition coefficient (Wildman–Crippen LogP) is 5.58. The number of hydrogen-bond donors (Lipinski definition) is 2. The molecule has 42 heavy (non-hydrogen) atoms. The minimum Gasteiger partial charge on any atom is -0.395 e. The summed E-state index contributed by atoms with van der Waals surface area (Å²) < 4.78 is 31.4. The van der Waals surface area contributed by atoms with E-state index in [0.717, 1.165) is 15.8 Å². The third kappa shape index (κ3) is 3.81. The van der Waals surface area contributed by atoms with E-state index in [4.69, 9.17) is 14.3 Å². The summed E-state index contributed by atoms with van der Waals surface area (Å²) in [5, 5.41) is 26.3. The Labute approximate surface area is 259 Å². The summed E-state index contributed by atoms with van der Waals surface area (Å²) in [7, 11) is 0. The van der Waals surface area contributed by atoms with Crippen molar-refractivity contribution in [1.29, 1.82) is 0 Å². The smallest absolute Gasteiger partial charge is 0.170 e. The van der Waals surface area contributed by atoms with Gasteiger partial charge in [-0.1, -0.05) is 23.7 Å². The summed E-state index contributed by atoms with van der Waals surface area (Å²) in [6.45, 7) is 8.23. The third-order valence-electron chi connectivity index (χ3n) is 11.4. The molecule has 1 aromatic rings. The van der Waals surface area contributed by atoms with E-state index in [1.807, 2.05) is 45.9 Å². The van der Waals surface area contributed by atoms with E-state index in [2.05, 4.69) is 27.2 Å². The molecular weight excluding hydrogens is 625 g/mol. The van der Waals surface area contributed by atoms with Gasteiger partial charge >= 0.3 is 0 Å². The van der Waals surface area contributed by atoms with Crippen LogP contribution in [0, 0.1) is 28.1 Å². The zero-order valence-corrected chi connectivity index (χ0v) is 27.1. The van der Waals surface area contributed by atoms with Gasteiger partial charge in [0.25, 0.3) is 0 Å². The second kappa shape index (κ2) is 10.6. The number of halogens is 2. The maximum absolute atomic E-state index is 17.8. The number of oxime groups is 1. The lowest BCUT2D eigenvalue weighted by Gasteiger charge is -2.62. The number of aliphatic hydroxyl groups excluding tert-OH is 2. The van der Waals surface area contributed by atoms with Gasteiger partial charge in [-0.15, -0.1) is 11.3 Å². The Hall–Kier alpha value is -1.43. The molecule has 0 aliphatic heterocycles. The molecule has 1 heterocycles. The van der Waals surface area contributed by atoms with E-state index < -0.39 is 52.2 Å². The van der Waals surface area contributed by atoms with Crippen LogP contribution in [0.2, 0.25) is 0 Å². The summed E-state index contributed by atoms with van der Waals surface area (Å²) in [6, 6.07) is 4.07. The monoisotopic (exact) mass is 665 g/mol. The third-order valence-corrected chi connectivity index (χ3v) is 13.1. The number of thiophene rings is 1. The molecule has 7 nitrogen and oxygen atoms in total. The van der Waals surface area contributed by atoms with E-state index in [1.165, 1.54) is 4.88 Å². The summed E-state index contributed by atoms with van der Waals surface area (Å²) in [5.41, 5.74) is -4.25. The van der Waals surface area contributed by atoms with Gasteiger partial charge in [-0.2, -0.15) is 0 Å². The topological polar surface area (TPSA) is 97.6 Å². The van der Waals surface area contributed by atoms with Crippen LogP contribution in [0.15, 0.2) is 44.9 Å². The summed E-state index contributed by atoms with van der Waals surface area (Å²) in [6.07, 6.45) is 6.23. The fourth-order valence-electron chi connectivity index (χ4n) is 9.82. The normalized spacial score (nSPS) is 44.2. The van der Waals surface area contributed by atoms with Crippen LogP contribution in [-0.2, 0) is 25.5 Å². The van der Waals surface area contributed by atoms with Gasteiger partial charge in [-0.25, -0.2) is 4.39 Å². The molecule has 6 rings (SSSR count). The molecule has 4 saturated carbocycles. The first-order chi connectivity index (χ1) is 20.0. The maximum Gasteiger partial charge on any atom is 0.170 e. The molecule has 5 aliphatic carbocycles. The lowest BCUT2D eigenvalue weighted by atomic mass is 9.44. The van der Waals surface area contributed by atoms with Crippen molar-refractivity contribution in [2.75, 3.05) is 26.4 Å². The molecule has 0 saturated heterocycles. The van der Waals surface area contributed by atoms with E-state index >= 15 is 4.39 Å². The minimum atomic E-state index is -1.94. The molecule has 1 unspecified atom stereocenters. The fraction of sp³-hybridized carbons (Fsp3) is 0.688. The van der Waals surface area contributed by atoms with Gasteiger partial charge in [0.2, 0.25) is 0 Å². The number of fused-ring (bicyclic) bond motifs is 7. The van der Waals surface area contributed by atoms with Gasteiger partial charge in [0.05, 0.1) is 15.3 Å². The van der Waals surface area contributed by atoms with E-state index in [9.17, 15) is 15.0 Å². The Morgan fingerprint density at radius 3 is 2.67 bits per heavy atom. The summed E-state index contributed by atoms with van der Waals surface area (Å²) in [4.78, 5) is 20.4. The zero-order chi connectivity index (χ0) is 30.1. The van der Waals surface area contributed by atoms with Gasteiger partial charge in [-0.3, -0.25) is 4.79 Å². The average molecular weight is 667 g/mol. The van der Waals surface area contributed by atoms with Crippen molar-refractivity contribution in [3.63, 3.8) is 0 Å². The largest absolute Gasteiger partial charge is 0.395 e. The molecule has 0 bridgehead atoms. The van der Waals surface area contributed by atoms with Crippen molar-refractivity contribution in [3.05, 3.63) is 44.6 Å².